The Morgan fingerprint density at radius 3 is 1.59 bits per heavy atom. The van der Waals surface area contributed by atoms with Crippen LogP contribution in [0.3, 0.4) is 0 Å². The smallest absolute Gasteiger partial charge is 0.0710 e. The molecule has 0 radical (unpaired) electrons. The van der Waals surface area contributed by atoms with E-state index in [1.807, 2.05) is 54.9 Å². The third kappa shape index (κ3) is 5.25. The van der Waals surface area contributed by atoms with Gasteiger partial charge in [0, 0.05) is 29.5 Å². The van der Waals surface area contributed by atoms with E-state index in [-0.39, 0.29) is 27.6 Å². The summed E-state index contributed by atoms with van der Waals surface area (Å²) < 4.78 is 0. The van der Waals surface area contributed by atoms with Crippen molar-refractivity contribution in [2.75, 3.05) is 0 Å². The largest absolute Gasteiger partial charge is 0.748 e. The average molecular weight is 623 g/mol. The summed E-state index contributed by atoms with van der Waals surface area (Å²) in [5.41, 5.74) is 5.29. The van der Waals surface area contributed by atoms with Crippen LogP contribution in [0.5, 0.6) is 0 Å². The molecule has 4 aromatic rings. The van der Waals surface area contributed by atoms with E-state index in [0.29, 0.717) is 5.41 Å². The molecule has 0 spiro atoms. The molecule has 8 rings (SSSR count). The van der Waals surface area contributed by atoms with Crippen molar-refractivity contribution in [3.63, 3.8) is 0 Å². The Bertz CT molecular complexity index is 1300. The van der Waals surface area contributed by atoms with E-state index in [9.17, 15) is 0 Å². The van der Waals surface area contributed by atoms with Crippen molar-refractivity contribution in [2.45, 2.75) is 69.6 Å². The molecule has 41 heavy (non-hydrogen) atoms. The van der Waals surface area contributed by atoms with Gasteiger partial charge < -0.3 is 30.3 Å². The Morgan fingerprint density at radius 1 is 0.732 bits per heavy atom. The number of rotatable bonds is 5. The normalized spacial score (nSPS) is 26.4. The summed E-state index contributed by atoms with van der Waals surface area (Å²) in [6.07, 6.45) is 12.4. The van der Waals surface area contributed by atoms with Gasteiger partial charge in [0.25, 0.3) is 0 Å². The molecule has 4 saturated carbocycles. The van der Waals surface area contributed by atoms with Crippen molar-refractivity contribution in [1.82, 2.24) is 9.97 Å². The molecule has 0 saturated heterocycles. The second-order valence-electron chi connectivity index (χ2n) is 13.8. The molecule has 4 bridgehead atoms. The number of hydrogen-bond donors (Lipinski definition) is 0. The van der Waals surface area contributed by atoms with Gasteiger partial charge in [-0.25, -0.2) is 12.1 Å². The molecular weight excluding hydrogens is 578 g/mol. The maximum atomic E-state index is 4.89. The molecule has 4 fully saturated rings. The summed E-state index contributed by atoms with van der Waals surface area (Å²) in [6.45, 7) is 7.42. The van der Waals surface area contributed by atoms with Gasteiger partial charge in [-0.15, -0.1) is 29.6 Å². The summed E-state index contributed by atoms with van der Waals surface area (Å²) in [4.78, 5) is 9.79. The Balaban J connectivity index is 0.000000510. The molecule has 2 aromatic heterocycles. The molecule has 3 atom stereocenters. The summed E-state index contributed by atoms with van der Waals surface area (Å²) in [5, 5.41) is -0.531. The molecule has 5 heteroatoms. The second-order valence-corrected chi connectivity index (χ2v) is 15.5. The quantitative estimate of drug-likeness (QED) is 0.126. The van der Waals surface area contributed by atoms with E-state index in [1.54, 1.807) is 0 Å². The monoisotopic (exact) mass is 622 g/mol. The van der Waals surface area contributed by atoms with Crippen LogP contribution in [0.15, 0.2) is 97.3 Å². The predicted molar refractivity (Wildman–Crippen MR) is 174 cm³/mol. The zero-order valence-corrected chi connectivity index (χ0v) is 28.0. The second kappa shape index (κ2) is 11.8. The van der Waals surface area contributed by atoms with Gasteiger partial charge in [0.05, 0.1) is 16.5 Å². The summed E-state index contributed by atoms with van der Waals surface area (Å²) in [7, 11) is 6.71. The number of hydrogen-bond acceptors (Lipinski definition) is 2. The first-order chi connectivity index (χ1) is 19.2. The van der Waals surface area contributed by atoms with Crippen LogP contribution < -0.4 is 0 Å². The molecule has 2 nitrogen and oxygen atoms in total. The fourth-order valence-corrected chi connectivity index (χ4v) is 10.3. The van der Waals surface area contributed by atoms with Crippen LogP contribution in [0.2, 0.25) is 0 Å². The minimum Gasteiger partial charge on any atom is -0.748 e. The van der Waals surface area contributed by atoms with Crippen molar-refractivity contribution in [2.24, 2.45) is 28.6 Å². The average Bonchev–Trinajstić information content (AvgIpc) is 3.68. The maximum Gasteiger partial charge on any atom is 0.0710 e. The summed E-state index contributed by atoms with van der Waals surface area (Å²) >= 11 is 0. The fourth-order valence-electron chi connectivity index (χ4n) is 9.11. The molecule has 0 aliphatic heterocycles. The van der Waals surface area contributed by atoms with Crippen molar-refractivity contribution in [3.8, 4) is 0 Å². The summed E-state index contributed by atoms with van der Waals surface area (Å²) in [6, 6.07) is 29.6. The van der Waals surface area contributed by atoms with Crippen molar-refractivity contribution in [3.05, 3.63) is 120 Å². The minimum atomic E-state index is -0.503. The standard InChI is InChI=1S/C31H39N2P2.C5H5.Fe/c1-28(2,3)31(35,29-18-21-15-22(19-29)17-23(16-21)20-29)25-10-8-9-24(25)30(34,26-11-4-6-13-32-26)27-12-5-7-14-33-27;1-2-4-5-3-1;/h4-14,21-23H,15-20,34-35H2,1-3H3;1-5H;/q-1;-5;. The van der Waals surface area contributed by atoms with E-state index >= 15 is 0 Å². The van der Waals surface area contributed by atoms with Gasteiger partial charge in [-0.2, -0.15) is 6.07 Å². The molecule has 2 heterocycles. The topological polar surface area (TPSA) is 25.8 Å². The van der Waals surface area contributed by atoms with Gasteiger partial charge in [-0.05, 0) is 96.5 Å². The number of nitrogens with zero attached hydrogens (tertiary/aromatic N) is 2. The number of pyridine rings is 2. The van der Waals surface area contributed by atoms with E-state index in [1.165, 1.54) is 49.7 Å². The van der Waals surface area contributed by atoms with Crippen LogP contribution in [0.25, 0.3) is 0 Å². The molecule has 4 aliphatic rings. The molecule has 222 valence electrons. The van der Waals surface area contributed by atoms with Crippen LogP contribution in [-0.2, 0) is 27.4 Å². The van der Waals surface area contributed by atoms with Crippen molar-refractivity contribution >= 4 is 18.5 Å². The van der Waals surface area contributed by atoms with Crippen LogP contribution in [-0.4, -0.2) is 9.97 Å². The van der Waals surface area contributed by atoms with Gasteiger partial charge in [-0.3, -0.25) is 9.97 Å². The third-order valence-corrected chi connectivity index (χ3v) is 13.1. The van der Waals surface area contributed by atoms with Crippen LogP contribution in [0, 0.1) is 28.6 Å². The third-order valence-electron chi connectivity index (χ3n) is 10.4. The zero-order chi connectivity index (χ0) is 28.0. The van der Waals surface area contributed by atoms with E-state index in [4.69, 9.17) is 9.97 Å². The zero-order valence-electron chi connectivity index (χ0n) is 24.6. The SMILES string of the molecule is CC(C)(C)C(P)([c-]1cccc1C(P)(c1ccccn1)c1ccccn1)C12CC3CC(CC(C3)C1)C2.[Fe].[cH-]1[cH-][cH-][cH-][cH-]1. The van der Waals surface area contributed by atoms with Crippen LogP contribution in [0.1, 0.15) is 81.8 Å². The van der Waals surface area contributed by atoms with Gasteiger partial charge in [0.15, 0.2) is 0 Å². The number of aromatic nitrogens is 2. The van der Waals surface area contributed by atoms with E-state index in [2.05, 4.69) is 81.7 Å². The first-order valence-corrected chi connectivity index (χ1v) is 16.2. The van der Waals surface area contributed by atoms with Gasteiger partial charge in [0.1, 0.15) is 0 Å². The van der Waals surface area contributed by atoms with Crippen molar-refractivity contribution < 1.29 is 17.1 Å². The first-order valence-electron chi connectivity index (χ1n) is 15.0. The molecule has 0 N–H and O–H groups in total. The summed E-state index contributed by atoms with van der Waals surface area (Å²) in [5.74, 6) is 2.73. The Labute approximate surface area is 262 Å². The fraction of sp³-hybridized carbons (Fsp3) is 0.444. The molecule has 4 aliphatic carbocycles. The van der Waals surface area contributed by atoms with Crippen LogP contribution in [0.4, 0.5) is 0 Å². The van der Waals surface area contributed by atoms with Crippen LogP contribution >= 0.6 is 18.5 Å². The van der Waals surface area contributed by atoms with Gasteiger partial charge in [-0.1, -0.05) is 32.9 Å². The van der Waals surface area contributed by atoms with E-state index in [0.717, 1.165) is 29.1 Å². The van der Waals surface area contributed by atoms with Gasteiger partial charge >= 0.3 is 0 Å². The maximum absolute atomic E-state index is 4.89. The molecule has 0 amide bonds. The molecular formula is C36H44FeN2P2-6. The van der Waals surface area contributed by atoms with Crippen molar-refractivity contribution in [1.29, 1.82) is 0 Å². The Hall–Kier alpha value is -1.62. The predicted octanol–water partition coefficient (Wildman–Crippen LogP) is 9.10. The Kier molecular flexibility index (Phi) is 8.88. The molecule has 3 unspecified atom stereocenters. The molecule has 2 aromatic carbocycles. The van der Waals surface area contributed by atoms with Gasteiger partial charge in [0.2, 0.25) is 0 Å². The first kappa shape index (κ1) is 30.8. The Morgan fingerprint density at radius 2 is 1.20 bits per heavy atom. The van der Waals surface area contributed by atoms with E-state index < -0.39 is 5.16 Å². The minimum absolute atomic E-state index is 0.